The molecular weight excluding hydrogens is 398 g/mol. The molecule has 10 nitrogen and oxygen atoms in total. The van der Waals surface area contributed by atoms with Crippen LogP contribution >= 0.6 is 0 Å². The third kappa shape index (κ3) is 7.73. The average Bonchev–Trinajstić information content (AvgIpc) is 2.60. The minimum absolute atomic E-state index is 0.0585. The van der Waals surface area contributed by atoms with Crippen LogP contribution in [-0.2, 0) is 33.2 Å². The zero-order valence-electron chi connectivity index (χ0n) is 19.3. The lowest BCUT2D eigenvalue weighted by atomic mass is 10.1. The van der Waals surface area contributed by atoms with E-state index in [9.17, 15) is 14.4 Å². The summed E-state index contributed by atoms with van der Waals surface area (Å²) in [4.78, 5) is 39.2. The number of nitrogens with zero attached hydrogens (tertiary/aromatic N) is 1. The van der Waals surface area contributed by atoms with Crippen molar-refractivity contribution in [2.45, 2.75) is 84.0 Å². The molecule has 1 aliphatic rings. The third-order valence-corrected chi connectivity index (χ3v) is 4.03. The monoisotopic (exact) mass is 433 g/mol. The quantitative estimate of drug-likeness (QED) is 0.490. The predicted molar refractivity (Wildman–Crippen MR) is 106 cm³/mol. The molecule has 0 radical (unpaired) electrons. The van der Waals surface area contributed by atoms with E-state index in [0.29, 0.717) is 4.90 Å². The smallest absolute Gasteiger partial charge is 0.420 e. The van der Waals surface area contributed by atoms with Crippen molar-refractivity contribution in [2.24, 2.45) is 0 Å². The van der Waals surface area contributed by atoms with Crippen molar-refractivity contribution in [3.63, 3.8) is 0 Å². The van der Waals surface area contributed by atoms with Crippen LogP contribution in [0.3, 0.4) is 0 Å². The molecular formula is C20H35NO9. The predicted octanol–water partition coefficient (Wildman–Crippen LogP) is 2.52. The molecule has 10 heteroatoms. The number of carbonyl (C=O) groups excluding carboxylic acids is 3. The van der Waals surface area contributed by atoms with E-state index in [1.807, 2.05) is 0 Å². The molecule has 1 heterocycles. The Labute approximate surface area is 178 Å². The van der Waals surface area contributed by atoms with Gasteiger partial charge >= 0.3 is 18.2 Å². The van der Waals surface area contributed by atoms with Crippen LogP contribution < -0.4 is 0 Å². The van der Waals surface area contributed by atoms with E-state index in [1.54, 1.807) is 48.5 Å². The van der Waals surface area contributed by atoms with Gasteiger partial charge in [-0.1, -0.05) is 0 Å². The lowest BCUT2D eigenvalue weighted by Crippen LogP contribution is -2.54. The third-order valence-electron chi connectivity index (χ3n) is 4.03. The first kappa shape index (κ1) is 26.1. The second kappa shape index (κ2) is 10.4. The van der Waals surface area contributed by atoms with Crippen LogP contribution in [-0.4, -0.2) is 86.0 Å². The fourth-order valence-corrected chi connectivity index (χ4v) is 2.77. The lowest BCUT2D eigenvalue weighted by molar-refractivity contribution is -0.165. The summed E-state index contributed by atoms with van der Waals surface area (Å²) in [5, 5.41) is 0. The number of rotatable bonds is 3. The Hall–Kier alpha value is -1.91. The molecule has 1 saturated heterocycles. The lowest BCUT2D eigenvalue weighted by Gasteiger charge is -2.32. The van der Waals surface area contributed by atoms with E-state index in [4.69, 9.17) is 28.4 Å². The Morgan fingerprint density at radius 1 is 0.933 bits per heavy atom. The first-order valence-electron chi connectivity index (χ1n) is 9.79. The number of methoxy groups -OCH3 is 2. The SMILES string of the molecule is CO[C@H]1[C@H](C)OC(=O)[C@@H](N(C(=O)OC(C)(C)C)C(=O)OC(C)(C)C)COC[C@@H]1OC. The van der Waals surface area contributed by atoms with E-state index < -0.39 is 53.7 Å². The van der Waals surface area contributed by atoms with Gasteiger partial charge in [-0.15, -0.1) is 0 Å². The first-order valence-corrected chi connectivity index (χ1v) is 9.79. The highest BCUT2D eigenvalue weighted by atomic mass is 16.6. The van der Waals surface area contributed by atoms with Crippen molar-refractivity contribution in [3.8, 4) is 0 Å². The van der Waals surface area contributed by atoms with E-state index in [-0.39, 0.29) is 13.2 Å². The molecule has 0 aromatic carbocycles. The van der Waals surface area contributed by atoms with Gasteiger partial charge in [0, 0.05) is 14.2 Å². The number of amides is 2. The fraction of sp³-hybridized carbons (Fsp3) is 0.850. The highest BCUT2D eigenvalue weighted by molar-refractivity contribution is 5.94. The van der Waals surface area contributed by atoms with Gasteiger partial charge in [-0.05, 0) is 48.5 Å². The minimum atomic E-state index is -1.41. The zero-order chi connectivity index (χ0) is 23.3. The maximum absolute atomic E-state index is 12.9. The van der Waals surface area contributed by atoms with Crippen molar-refractivity contribution < 1.29 is 42.8 Å². The Morgan fingerprint density at radius 3 is 1.83 bits per heavy atom. The highest BCUT2D eigenvalue weighted by Gasteiger charge is 2.44. The summed E-state index contributed by atoms with van der Waals surface area (Å²) in [5.41, 5.74) is -1.81. The number of cyclic esters (lactones) is 1. The molecule has 2 amide bonds. The van der Waals surface area contributed by atoms with Gasteiger partial charge in [-0.3, -0.25) is 0 Å². The van der Waals surface area contributed by atoms with Gasteiger partial charge < -0.3 is 28.4 Å². The maximum atomic E-state index is 12.9. The van der Waals surface area contributed by atoms with Gasteiger partial charge in [-0.25, -0.2) is 14.4 Å². The van der Waals surface area contributed by atoms with E-state index >= 15 is 0 Å². The Bertz CT molecular complexity index is 580. The van der Waals surface area contributed by atoms with Crippen LogP contribution in [0.5, 0.6) is 0 Å². The van der Waals surface area contributed by atoms with Crippen LogP contribution in [0.4, 0.5) is 9.59 Å². The van der Waals surface area contributed by atoms with Gasteiger partial charge in [0.05, 0.1) is 13.2 Å². The van der Waals surface area contributed by atoms with Crippen LogP contribution in [0.25, 0.3) is 0 Å². The molecule has 1 aliphatic heterocycles. The molecule has 0 aliphatic carbocycles. The molecule has 0 saturated carbocycles. The topological polar surface area (TPSA) is 110 Å². The fourth-order valence-electron chi connectivity index (χ4n) is 2.77. The number of carbonyl (C=O) groups is 3. The molecule has 174 valence electrons. The van der Waals surface area contributed by atoms with Crippen molar-refractivity contribution in [3.05, 3.63) is 0 Å². The van der Waals surface area contributed by atoms with Crippen molar-refractivity contribution >= 4 is 18.2 Å². The van der Waals surface area contributed by atoms with Gasteiger partial charge in [0.2, 0.25) is 0 Å². The minimum Gasteiger partial charge on any atom is -0.458 e. The summed E-state index contributed by atoms with van der Waals surface area (Å²) in [7, 11) is 2.95. The van der Waals surface area contributed by atoms with Crippen molar-refractivity contribution in [1.29, 1.82) is 0 Å². The van der Waals surface area contributed by atoms with E-state index in [2.05, 4.69) is 0 Å². The number of hydrogen-bond acceptors (Lipinski definition) is 9. The normalized spacial score (nSPS) is 26.0. The second-order valence-corrected chi connectivity index (χ2v) is 9.00. The molecule has 0 bridgehead atoms. The van der Waals surface area contributed by atoms with E-state index in [1.165, 1.54) is 14.2 Å². The number of ether oxygens (including phenoxy) is 6. The summed E-state index contributed by atoms with van der Waals surface area (Å²) < 4.78 is 32.5. The van der Waals surface area contributed by atoms with Crippen LogP contribution in [0.2, 0.25) is 0 Å². The summed E-state index contributed by atoms with van der Waals surface area (Å²) in [6.45, 7) is 11.2. The van der Waals surface area contributed by atoms with Gasteiger partial charge in [0.15, 0.2) is 6.04 Å². The van der Waals surface area contributed by atoms with Crippen LogP contribution in [0.15, 0.2) is 0 Å². The Kier molecular flexibility index (Phi) is 9.06. The molecule has 0 aromatic heterocycles. The maximum Gasteiger partial charge on any atom is 0.420 e. The zero-order valence-corrected chi connectivity index (χ0v) is 19.3. The molecule has 0 N–H and O–H groups in total. The second-order valence-electron chi connectivity index (χ2n) is 9.00. The number of esters is 1. The summed E-state index contributed by atoms with van der Waals surface area (Å²) in [6, 6.07) is -1.41. The molecule has 0 aromatic rings. The summed E-state index contributed by atoms with van der Waals surface area (Å²) >= 11 is 0. The Balaban J connectivity index is 3.26. The van der Waals surface area contributed by atoms with Gasteiger partial charge in [0.25, 0.3) is 0 Å². The largest absolute Gasteiger partial charge is 0.458 e. The summed E-state index contributed by atoms with van der Waals surface area (Å²) in [5.74, 6) is -0.849. The average molecular weight is 433 g/mol. The standard InChI is InChI=1S/C20H35NO9/c1-12-15(26-9)14(25-8)11-27-10-13(16(22)28-12)21(17(23)29-19(2,3)4)18(24)30-20(5,6)7/h12-15H,10-11H2,1-9H3/t12-,13-,14-,15-/m0/s1. The molecule has 1 rings (SSSR count). The molecule has 0 spiro atoms. The van der Waals surface area contributed by atoms with Crippen molar-refractivity contribution in [1.82, 2.24) is 4.90 Å². The summed E-state index contributed by atoms with van der Waals surface area (Å²) in [6.07, 6.45) is -3.93. The Morgan fingerprint density at radius 2 is 1.43 bits per heavy atom. The van der Waals surface area contributed by atoms with Crippen molar-refractivity contribution in [2.75, 3.05) is 27.4 Å². The molecule has 4 atom stereocenters. The van der Waals surface area contributed by atoms with Crippen LogP contribution in [0, 0.1) is 0 Å². The number of hydrogen-bond donors (Lipinski definition) is 0. The molecule has 0 unspecified atom stereocenters. The highest BCUT2D eigenvalue weighted by Crippen LogP contribution is 2.21. The van der Waals surface area contributed by atoms with Gasteiger partial charge in [0.1, 0.15) is 29.5 Å². The van der Waals surface area contributed by atoms with Crippen LogP contribution in [0.1, 0.15) is 48.5 Å². The van der Waals surface area contributed by atoms with Gasteiger partial charge in [-0.2, -0.15) is 4.90 Å². The first-order chi connectivity index (χ1) is 13.7. The van der Waals surface area contributed by atoms with E-state index in [0.717, 1.165) is 0 Å². The number of imide groups is 1. The molecule has 30 heavy (non-hydrogen) atoms. The molecule has 1 fully saturated rings.